The molecule has 1 aromatic carbocycles. The second-order valence-electron chi connectivity index (χ2n) is 6.02. The Bertz CT molecular complexity index is 562. The van der Waals surface area contributed by atoms with Crippen molar-refractivity contribution in [3.8, 4) is 0 Å². The van der Waals surface area contributed by atoms with Crippen LogP contribution in [-0.4, -0.2) is 33.0 Å². The lowest BCUT2D eigenvalue weighted by molar-refractivity contribution is -0.139. The van der Waals surface area contributed by atoms with Crippen LogP contribution in [0.2, 0.25) is 0 Å². The van der Waals surface area contributed by atoms with Crippen molar-refractivity contribution < 1.29 is 9.59 Å². The minimum absolute atomic E-state index is 0.0431. The number of imide groups is 1. The van der Waals surface area contributed by atoms with Gasteiger partial charge in [0.15, 0.2) is 0 Å². The SMILES string of the molecule is Cc1ccc(NCN2C(=O)[C@H]3C[C@@H](Br)[C@H](Br)C[C@H]3C2=O)cc1. The Kier molecular flexibility index (Phi) is 4.59. The fourth-order valence-electron chi connectivity index (χ4n) is 3.16. The van der Waals surface area contributed by atoms with E-state index in [1.54, 1.807) is 0 Å². The number of carbonyl (C=O) groups excluding carboxylic acids is 2. The van der Waals surface area contributed by atoms with E-state index in [1.165, 1.54) is 10.5 Å². The van der Waals surface area contributed by atoms with Crippen LogP contribution in [0, 0.1) is 18.8 Å². The Hall–Kier alpha value is -0.880. The molecule has 6 heteroatoms. The number of nitrogens with zero attached hydrogens (tertiary/aromatic N) is 1. The van der Waals surface area contributed by atoms with Crippen molar-refractivity contribution in [1.29, 1.82) is 0 Å². The number of nitrogens with one attached hydrogen (secondary N) is 1. The van der Waals surface area contributed by atoms with Crippen LogP contribution >= 0.6 is 31.9 Å². The Labute approximate surface area is 146 Å². The molecule has 0 aromatic heterocycles. The molecule has 1 aromatic rings. The first-order valence-corrected chi connectivity index (χ1v) is 9.24. The van der Waals surface area contributed by atoms with E-state index >= 15 is 0 Å². The number of fused-ring (bicyclic) bond motifs is 1. The van der Waals surface area contributed by atoms with Gasteiger partial charge < -0.3 is 5.32 Å². The van der Waals surface area contributed by atoms with Crippen LogP contribution in [0.25, 0.3) is 0 Å². The van der Waals surface area contributed by atoms with Crippen LogP contribution in [0.4, 0.5) is 5.69 Å². The molecule has 118 valence electrons. The zero-order valence-electron chi connectivity index (χ0n) is 12.3. The monoisotopic (exact) mass is 428 g/mol. The number of halogens is 2. The Morgan fingerprint density at radius 2 is 1.55 bits per heavy atom. The third-order valence-corrected chi connectivity index (χ3v) is 7.23. The third-order valence-electron chi connectivity index (χ3n) is 4.50. The van der Waals surface area contributed by atoms with Crippen LogP contribution in [0.3, 0.4) is 0 Å². The Morgan fingerprint density at radius 3 is 2.05 bits per heavy atom. The van der Waals surface area contributed by atoms with Crippen molar-refractivity contribution >= 4 is 49.4 Å². The van der Waals surface area contributed by atoms with Gasteiger partial charge in [-0.15, -0.1) is 0 Å². The van der Waals surface area contributed by atoms with Gasteiger partial charge in [0, 0.05) is 15.3 Å². The molecule has 1 saturated carbocycles. The summed E-state index contributed by atoms with van der Waals surface area (Å²) >= 11 is 7.19. The number of hydrogen-bond donors (Lipinski definition) is 1. The van der Waals surface area contributed by atoms with Gasteiger partial charge in [0.2, 0.25) is 11.8 Å². The molecule has 4 atom stereocenters. The number of alkyl halides is 2. The molecule has 0 spiro atoms. The minimum atomic E-state index is -0.175. The van der Waals surface area contributed by atoms with Crippen molar-refractivity contribution in [2.75, 3.05) is 12.0 Å². The fraction of sp³-hybridized carbons (Fsp3) is 0.500. The summed E-state index contributed by atoms with van der Waals surface area (Å²) in [6, 6.07) is 7.91. The molecule has 2 fully saturated rings. The van der Waals surface area contributed by atoms with E-state index in [4.69, 9.17) is 0 Å². The zero-order chi connectivity index (χ0) is 15.9. The maximum atomic E-state index is 12.5. The van der Waals surface area contributed by atoms with Gasteiger partial charge in [0.25, 0.3) is 0 Å². The Balaban J connectivity index is 1.68. The average molecular weight is 430 g/mol. The average Bonchev–Trinajstić information content (AvgIpc) is 2.71. The summed E-state index contributed by atoms with van der Waals surface area (Å²) in [4.78, 5) is 26.9. The molecule has 2 aliphatic rings. The number of likely N-dealkylation sites (tertiary alicyclic amines) is 1. The summed E-state index contributed by atoms with van der Waals surface area (Å²) in [5.74, 6) is -0.437. The highest BCUT2D eigenvalue weighted by Gasteiger charge is 2.51. The second-order valence-corrected chi connectivity index (χ2v) is 8.37. The van der Waals surface area contributed by atoms with Crippen molar-refractivity contribution in [2.45, 2.75) is 29.4 Å². The van der Waals surface area contributed by atoms with E-state index in [1.807, 2.05) is 31.2 Å². The maximum absolute atomic E-state index is 12.5. The number of carbonyl (C=O) groups is 2. The molecule has 2 amide bonds. The van der Waals surface area contributed by atoms with Gasteiger partial charge in [0.05, 0.1) is 18.5 Å². The normalized spacial score (nSPS) is 31.3. The first-order valence-electron chi connectivity index (χ1n) is 7.41. The zero-order valence-corrected chi connectivity index (χ0v) is 15.4. The van der Waals surface area contributed by atoms with Gasteiger partial charge >= 0.3 is 0 Å². The molecule has 22 heavy (non-hydrogen) atoms. The van der Waals surface area contributed by atoms with E-state index in [-0.39, 0.29) is 40.0 Å². The smallest absolute Gasteiger partial charge is 0.234 e. The summed E-state index contributed by atoms with van der Waals surface area (Å²) in [5.41, 5.74) is 2.09. The minimum Gasteiger partial charge on any atom is -0.367 e. The second kappa shape index (κ2) is 6.32. The lowest BCUT2D eigenvalue weighted by Crippen LogP contribution is -2.35. The number of anilines is 1. The standard InChI is InChI=1S/C16H18Br2N2O2/c1-9-2-4-10(5-3-9)19-8-20-15(21)11-6-13(17)14(18)7-12(11)16(20)22/h2-5,11-14,19H,6-8H2,1H3/t11-,12+,13-,14-/m1/s1. The number of hydrogen-bond acceptors (Lipinski definition) is 3. The number of rotatable bonds is 3. The van der Waals surface area contributed by atoms with Gasteiger partial charge in [-0.25, -0.2) is 0 Å². The molecule has 1 N–H and O–H groups in total. The van der Waals surface area contributed by atoms with Gasteiger partial charge in [0.1, 0.15) is 0 Å². The van der Waals surface area contributed by atoms with Crippen molar-refractivity contribution in [3.63, 3.8) is 0 Å². The van der Waals surface area contributed by atoms with E-state index < -0.39 is 0 Å². The fourth-order valence-corrected chi connectivity index (χ4v) is 4.40. The predicted molar refractivity (Wildman–Crippen MR) is 93.2 cm³/mol. The lowest BCUT2D eigenvalue weighted by Gasteiger charge is -2.29. The lowest BCUT2D eigenvalue weighted by atomic mass is 9.81. The highest BCUT2D eigenvalue weighted by molar-refractivity contribution is 9.12. The quantitative estimate of drug-likeness (QED) is 0.592. The molecule has 1 saturated heterocycles. The topological polar surface area (TPSA) is 49.4 Å². The third kappa shape index (κ3) is 2.95. The summed E-state index contributed by atoms with van der Waals surface area (Å²) in [6.45, 7) is 2.27. The van der Waals surface area contributed by atoms with Crippen molar-refractivity contribution in [1.82, 2.24) is 4.90 Å². The molecule has 0 radical (unpaired) electrons. The highest BCUT2D eigenvalue weighted by atomic mass is 79.9. The van der Waals surface area contributed by atoms with Crippen LogP contribution in [0.5, 0.6) is 0 Å². The van der Waals surface area contributed by atoms with Crippen LogP contribution in [-0.2, 0) is 9.59 Å². The van der Waals surface area contributed by atoms with Crippen molar-refractivity contribution in [3.05, 3.63) is 29.8 Å². The van der Waals surface area contributed by atoms with Crippen LogP contribution in [0.1, 0.15) is 18.4 Å². The maximum Gasteiger partial charge on any atom is 0.234 e. The molecule has 1 aliphatic carbocycles. The van der Waals surface area contributed by atoms with E-state index in [0.717, 1.165) is 5.69 Å². The van der Waals surface area contributed by atoms with E-state index in [2.05, 4.69) is 37.2 Å². The van der Waals surface area contributed by atoms with E-state index in [0.29, 0.717) is 12.8 Å². The summed E-state index contributed by atoms with van der Waals surface area (Å²) < 4.78 is 0. The highest BCUT2D eigenvalue weighted by Crippen LogP contribution is 2.43. The van der Waals surface area contributed by atoms with E-state index in [9.17, 15) is 9.59 Å². The van der Waals surface area contributed by atoms with Gasteiger partial charge in [-0.1, -0.05) is 49.6 Å². The number of benzene rings is 1. The first kappa shape index (κ1) is 16.0. The molecule has 4 nitrogen and oxygen atoms in total. The van der Waals surface area contributed by atoms with Crippen LogP contribution < -0.4 is 5.32 Å². The molecule has 0 bridgehead atoms. The first-order chi connectivity index (χ1) is 10.5. The van der Waals surface area contributed by atoms with Crippen LogP contribution in [0.15, 0.2) is 24.3 Å². The number of aryl methyl sites for hydroxylation is 1. The summed E-state index contributed by atoms with van der Waals surface area (Å²) in [6.07, 6.45) is 1.43. The molecule has 0 unspecified atom stereocenters. The van der Waals surface area contributed by atoms with Gasteiger partial charge in [-0.05, 0) is 31.9 Å². The largest absolute Gasteiger partial charge is 0.367 e. The molecular formula is C16H18Br2N2O2. The molecular weight excluding hydrogens is 412 g/mol. The molecule has 1 aliphatic heterocycles. The summed E-state index contributed by atoms with van der Waals surface area (Å²) in [5, 5.41) is 3.17. The number of amides is 2. The molecule has 3 rings (SSSR count). The Morgan fingerprint density at radius 1 is 1.05 bits per heavy atom. The summed E-state index contributed by atoms with van der Waals surface area (Å²) in [7, 11) is 0. The predicted octanol–water partition coefficient (Wildman–Crippen LogP) is 3.29. The van der Waals surface area contributed by atoms with Gasteiger partial charge in [-0.2, -0.15) is 0 Å². The van der Waals surface area contributed by atoms with Gasteiger partial charge in [-0.3, -0.25) is 14.5 Å². The molecule has 1 heterocycles. The van der Waals surface area contributed by atoms with Crippen molar-refractivity contribution in [2.24, 2.45) is 11.8 Å².